The summed E-state index contributed by atoms with van der Waals surface area (Å²) in [6.45, 7) is 7.09. The van der Waals surface area contributed by atoms with E-state index in [0.29, 0.717) is 12.0 Å². The third kappa shape index (κ3) is 3.51. The first-order valence-electron chi connectivity index (χ1n) is 14.2. The zero-order chi connectivity index (χ0) is 28.4. The van der Waals surface area contributed by atoms with Crippen molar-refractivity contribution in [2.75, 3.05) is 38.7 Å². The fourth-order valence-electron chi connectivity index (χ4n) is 8.67. The topological polar surface area (TPSA) is 91.3 Å². The van der Waals surface area contributed by atoms with Crippen molar-refractivity contribution < 1.29 is 24.2 Å². The first-order chi connectivity index (χ1) is 19.1. The number of ether oxygens (including phenoxy) is 2. The standard InChI is InChI=1S/C32H39N3O5/c1-6-30-14-7-16-35-17-15-31(27(30)35)24-13-12-23(39-5)18-25(24)34(4)28(31)32(38,29(30)40-21(3)36)19-33-26(37)22-10-8-20(2)9-11-22/h7-14,18,27-29,38H,6,15-17,19H2,1-5H3,(H,33,37)/t27?,28-,29-,30?,31-,32+/m1/s1. The Morgan fingerprint density at radius 2 is 1.90 bits per heavy atom. The van der Waals surface area contributed by atoms with E-state index in [0.717, 1.165) is 36.5 Å². The number of amides is 1. The smallest absolute Gasteiger partial charge is 0.303 e. The number of rotatable bonds is 6. The second-order valence-electron chi connectivity index (χ2n) is 12.0. The van der Waals surface area contributed by atoms with E-state index in [9.17, 15) is 14.7 Å². The number of esters is 1. The van der Waals surface area contributed by atoms with E-state index < -0.39 is 34.5 Å². The van der Waals surface area contributed by atoms with Crippen LogP contribution in [0.2, 0.25) is 0 Å². The Bertz CT molecular complexity index is 1380. The van der Waals surface area contributed by atoms with Crippen LogP contribution in [0.3, 0.4) is 0 Å². The van der Waals surface area contributed by atoms with Crippen LogP contribution in [0.25, 0.3) is 0 Å². The van der Waals surface area contributed by atoms with Gasteiger partial charge in [-0.25, -0.2) is 0 Å². The van der Waals surface area contributed by atoms with Gasteiger partial charge in [0.2, 0.25) is 0 Å². The third-order valence-corrected chi connectivity index (χ3v) is 10.1. The van der Waals surface area contributed by atoms with Crippen molar-refractivity contribution in [2.24, 2.45) is 5.41 Å². The number of hydrogen-bond acceptors (Lipinski definition) is 7. The van der Waals surface area contributed by atoms with Gasteiger partial charge in [0.05, 0.1) is 19.7 Å². The highest BCUT2D eigenvalue weighted by Gasteiger charge is 2.77. The van der Waals surface area contributed by atoms with E-state index in [4.69, 9.17) is 9.47 Å². The van der Waals surface area contributed by atoms with E-state index in [-0.39, 0.29) is 18.5 Å². The van der Waals surface area contributed by atoms with Crippen LogP contribution < -0.4 is 15.0 Å². The summed E-state index contributed by atoms with van der Waals surface area (Å²) in [6.07, 6.45) is 4.96. The number of benzene rings is 2. The van der Waals surface area contributed by atoms with Gasteiger partial charge in [0.25, 0.3) is 5.91 Å². The van der Waals surface area contributed by atoms with E-state index >= 15 is 0 Å². The Morgan fingerprint density at radius 3 is 2.58 bits per heavy atom. The Labute approximate surface area is 235 Å². The monoisotopic (exact) mass is 545 g/mol. The number of methoxy groups -OCH3 is 1. The summed E-state index contributed by atoms with van der Waals surface area (Å²) < 4.78 is 11.8. The molecule has 2 unspecified atom stereocenters. The second kappa shape index (κ2) is 9.35. The van der Waals surface area contributed by atoms with Gasteiger partial charge in [-0.15, -0.1) is 0 Å². The highest BCUT2D eigenvalue weighted by Crippen LogP contribution is 2.67. The molecule has 4 aliphatic rings. The van der Waals surface area contributed by atoms with Crippen molar-refractivity contribution in [3.8, 4) is 5.75 Å². The summed E-state index contributed by atoms with van der Waals surface area (Å²) in [4.78, 5) is 30.7. The number of hydrogen-bond donors (Lipinski definition) is 2. The molecule has 40 heavy (non-hydrogen) atoms. The Balaban J connectivity index is 1.53. The molecule has 6 rings (SSSR count). The van der Waals surface area contributed by atoms with Crippen LogP contribution >= 0.6 is 0 Å². The molecule has 3 heterocycles. The summed E-state index contributed by atoms with van der Waals surface area (Å²) in [5.74, 6) is 0.0225. The number of nitrogens with zero attached hydrogens (tertiary/aromatic N) is 2. The van der Waals surface area contributed by atoms with Gasteiger partial charge >= 0.3 is 5.97 Å². The molecule has 2 N–H and O–H groups in total. The van der Waals surface area contributed by atoms with Gasteiger partial charge in [0, 0.05) is 54.7 Å². The molecule has 6 atom stereocenters. The summed E-state index contributed by atoms with van der Waals surface area (Å²) in [5.41, 5.74) is 1.05. The van der Waals surface area contributed by atoms with Crippen molar-refractivity contribution in [1.82, 2.24) is 10.2 Å². The molecule has 1 aliphatic carbocycles. The molecule has 0 bridgehead atoms. The minimum absolute atomic E-state index is 0.00881. The molecule has 1 saturated heterocycles. The van der Waals surface area contributed by atoms with Gasteiger partial charge in [-0.2, -0.15) is 0 Å². The largest absolute Gasteiger partial charge is 0.497 e. The molecule has 2 aromatic rings. The molecule has 3 aliphatic heterocycles. The minimum atomic E-state index is -1.60. The van der Waals surface area contributed by atoms with Gasteiger partial charge in [-0.05, 0) is 50.1 Å². The Morgan fingerprint density at radius 1 is 1.15 bits per heavy atom. The molecule has 1 spiro atoms. The summed E-state index contributed by atoms with van der Waals surface area (Å²) in [7, 11) is 3.65. The average Bonchev–Trinajstić information content (AvgIpc) is 3.46. The van der Waals surface area contributed by atoms with Crippen molar-refractivity contribution in [2.45, 2.75) is 62.8 Å². The van der Waals surface area contributed by atoms with Crippen LogP contribution in [0, 0.1) is 12.3 Å². The van der Waals surface area contributed by atoms with Crippen molar-refractivity contribution >= 4 is 17.6 Å². The molecule has 2 fully saturated rings. The fourth-order valence-corrected chi connectivity index (χ4v) is 8.67. The van der Waals surface area contributed by atoms with Gasteiger partial charge in [0.15, 0.2) is 0 Å². The van der Waals surface area contributed by atoms with E-state index in [1.165, 1.54) is 12.5 Å². The molecule has 8 heteroatoms. The van der Waals surface area contributed by atoms with Gasteiger partial charge < -0.3 is 24.8 Å². The average molecular weight is 546 g/mol. The highest BCUT2D eigenvalue weighted by molar-refractivity contribution is 5.94. The van der Waals surface area contributed by atoms with Gasteiger partial charge in [-0.1, -0.05) is 42.8 Å². The quantitative estimate of drug-likeness (QED) is 0.426. The molecule has 2 aromatic carbocycles. The number of aliphatic hydroxyl groups is 1. The number of carbonyl (C=O) groups excluding carboxylic acids is 2. The number of anilines is 1. The van der Waals surface area contributed by atoms with Gasteiger partial charge in [-0.3, -0.25) is 14.5 Å². The maximum Gasteiger partial charge on any atom is 0.303 e. The second-order valence-corrected chi connectivity index (χ2v) is 12.0. The lowest BCUT2D eigenvalue weighted by atomic mass is 9.47. The van der Waals surface area contributed by atoms with Crippen LogP contribution in [0.5, 0.6) is 5.75 Å². The maximum atomic E-state index is 13.4. The highest BCUT2D eigenvalue weighted by atomic mass is 16.6. The van der Waals surface area contributed by atoms with Crippen molar-refractivity contribution in [1.29, 1.82) is 0 Å². The molecule has 1 saturated carbocycles. The Hall–Kier alpha value is -3.36. The van der Waals surface area contributed by atoms with E-state index in [2.05, 4.69) is 40.3 Å². The fraction of sp³-hybridized carbons (Fsp3) is 0.500. The van der Waals surface area contributed by atoms with Crippen LogP contribution in [0.4, 0.5) is 5.69 Å². The Kier molecular flexibility index (Phi) is 6.27. The predicted octanol–water partition coefficient (Wildman–Crippen LogP) is 3.21. The molecule has 1 amide bonds. The first-order valence-corrected chi connectivity index (χ1v) is 14.2. The van der Waals surface area contributed by atoms with Crippen LogP contribution in [0.15, 0.2) is 54.6 Å². The number of carbonyl (C=O) groups is 2. The van der Waals surface area contributed by atoms with Crippen LogP contribution in [-0.4, -0.2) is 79.5 Å². The molecule has 0 aromatic heterocycles. The zero-order valence-corrected chi connectivity index (χ0v) is 23.9. The number of fused-ring (bicyclic) bond motifs is 1. The summed E-state index contributed by atoms with van der Waals surface area (Å²) in [6, 6.07) is 13.1. The lowest BCUT2D eigenvalue weighted by Gasteiger charge is -2.64. The molecule has 8 nitrogen and oxygen atoms in total. The normalized spacial score (nSPS) is 33.6. The lowest BCUT2D eigenvalue weighted by molar-refractivity contribution is -0.216. The predicted molar refractivity (Wildman–Crippen MR) is 153 cm³/mol. The van der Waals surface area contributed by atoms with Crippen molar-refractivity contribution in [3.63, 3.8) is 0 Å². The third-order valence-electron chi connectivity index (χ3n) is 10.1. The first kappa shape index (κ1) is 26.8. The van der Waals surface area contributed by atoms with Crippen LogP contribution in [0.1, 0.15) is 48.2 Å². The molecular weight excluding hydrogens is 506 g/mol. The number of nitrogens with one attached hydrogen (secondary N) is 1. The lowest BCUT2D eigenvalue weighted by Crippen LogP contribution is -2.81. The number of likely N-dealkylation sites (N-methyl/N-ethyl adjacent to an activating group) is 1. The molecular formula is C32H39N3O5. The summed E-state index contributed by atoms with van der Waals surface area (Å²) >= 11 is 0. The molecule has 0 radical (unpaired) electrons. The maximum absolute atomic E-state index is 13.4. The van der Waals surface area contributed by atoms with Gasteiger partial charge in [0.1, 0.15) is 17.5 Å². The minimum Gasteiger partial charge on any atom is -0.497 e. The van der Waals surface area contributed by atoms with E-state index in [1.54, 1.807) is 19.2 Å². The molecule has 212 valence electrons. The van der Waals surface area contributed by atoms with E-state index in [1.807, 2.05) is 38.2 Å². The van der Waals surface area contributed by atoms with Crippen molar-refractivity contribution in [3.05, 3.63) is 71.3 Å². The zero-order valence-electron chi connectivity index (χ0n) is 23.9. The number of aryl methyl sites for hydroxylation is 1. The summed E-state index contributed by atoms with van der Waals surface area (Å²) in [5, 5.41) is 16.1. The SMILES string of the molecule is CCC12C=CCN3CC[C@@]4(c5ccc(OC)cc5N(C)[C@H]4[C@@](O)(CNC(=O)c4ccc(C)cc4)[C@@H]1OC(C)=O)C32. The van der Waals surface area contributed by atoms with Crippen LogP contribution in [-0.2, 0) is 14.9 Å².